The predicted molar refractivity (Wildman–Crippen MR) is 78.2 cm³/mol. The van der Waals surface area contributed by atoms with E-state index in [9.17, 15) is 9.90 Å². The molecule has 0 aromatic heterocycles. The molecule has 0 aliphatic heterocycles. The van der Waals surface area contributed by atoms with E-state index in [0.717, 1.165) is 0 Å². The van der Waals surface area contributed by atoms with Crippen molar-refractivity contribution in [3.05, 3.63) is 47.5 Å². The number of aryl methyl sites for hydroxylation is 1. The second-order valence-corrected chi connectivity index (χ2v) is 4.42. The largest absolute Gasteiger partial charge is 0.508 e. The maximum absolute atomic E-state index is 12.2. The molecule has 2 aromatic rings. The fourth-order valence-electron chi connectivity index (χ4n) is 1.83. The fourth-order valence-corrected chi connectivity index (χ4v) is 1.83. The van der Waals surface area contributed by atoms with Crippen molar-refractivity contribution in [2.45, 2.75) is 6.92 Å². The maximum atomic E-state index is 12.2. The van der Waals surface area contributed by atoms with Crippen LogP contribution in [0, 0.1) is 6.92 Å². The number of hydrogen-bond donors (Lipinski definition) is 3. The van der Waals surface area contributed by atoms with Crippen LogP contribution in [0.1, 0.15) is 15.9 Å². The molecule has 0 saturated carbocycles. The van der Waals surface area contributed by atoms with E-state index in [1.165, 1.54) is 13.2 Å². The molecule has 5 heteroatoms. The smallest absolute Gasteiger partial charge is 0.259 e. The third-order valence-electron chi connectivity index (χ3n) is 2.92. The number of nitrogens with one attached hydrogen (secondary N) is 1. The Morgan fingerprint density at radius 1 is 1.25 bits per heavy atom. The summed E-state index contributed by atoms with van der Waals surface area (Å²) >= 11 is 0. The van der Waals surface area contributed by atoms with Gasteiger partial charge in [-0.1, -0.05) is 0 Å². The summed E-state index contributed by atoms with van der Waals surface area (Å²) in [5, 5.41) is 12.2. The normalized spacial score (nSPS) is 10.1. The zero-order valence-electron chi connectivity index (χ0n) is 11.3. The molecule has 0 spiro atoms. The number of methoxy groups -OCH3 is 1. The summed E-state index contributed by atoms with van der Waals surface area (Å²) in [6.07, 6.45) is 0. The van der Waals surface area contributed by atoms with Crippen LogP contribution in [-0.4, -0.2) is 18.1 Å². The lowest BCUT2D eigenvalue weighted by Gasteiger charge is -2.10. The lowest BCUT2D eigenvalue weighted by atomic mass is 10.1. The summed E-state index contributed by atoms with van der Waals surface area (Å²) in [5.41, 5.74) is 7.86. The van der Waals surface area contributed by atoms with Crippen molar-refractivity contribution in [3.8, 4) is 11.5 Å². The van der Waals surface area contributed by atoms with E-state index in [0.29, 0.717) is 28.3 Å². The first kappa shape index (κ1) is 13.7. The summed E-state index contributed by atoms with van der Waals surface area (Å²) < 4.78 is 5.15. The number of phenols is 1. The quantitative estimate of drug-likeness (QED) is 0.592. The van der Waals surface area contributed by atoms with Crippen molar-refractivity contribution in [2.75, 3.05) is 18.2 Å². The highest BCUT2D eigenvalue weighted by molar-refractivity contribution is 6.06. The van der Waals surface area contributed by atoms with Gasteiger partial charge < -0.3 is 20.9 Å². The van der Waals surface area contributed by atoms with Crippen molar-refractivity contribution in [2.24, 2.45) is 0 Å². The number of carbonyl (C=O) groups excluding carboxylic acids is 1. The van der Waals surface area contributed by atoms with Crippen LogP contribution in [0.4, 0.5) is 11.4 Å². The molecule has 0 heterocycles. The Hall–Kier alpha value is -2.69. The molecule has 0 unspecified atom stereocenters. The third kappa shape index (κ3) is 2.83. The summed E-state index contributed by atoms with van der Waals surface area (Å²) in [4.78, 5) is 12.2. The number of nitrogen functional groups attached to an aromatic ring is 1. The lowest BCUT2D eigenvalue weighted by molar-refractivity contribution is 0.102. The standard InChI is InChI=1S/C15H16N2O3/c1-9-7-11(4-6-13(9)18)17-15(19)12-5-3-10(16)8-14(12)20-2/h3-8,18H,16H2,1-2H3,(H,17,19). The first-order chi connectivity index (χ1) is 9.51. The van der Waals surface area contributed by atoms with E-state index < -0.39 is 0 Å². The number of nitrogens with two attached hydrogens (primary N) is 1. The Balaban J connectivity index is 2.25. The van der Waals surface area contributed by atoms with Crippen molar-refractivity contribution >= 4 is 17.3 Å². The number of hydrogen-bond acceptors (Lipinski definition) is 4. The average molecular weight is 272 g/mol. The van der Waals surface area contributed by atoms with E-state index in [4.69, 9.17) is 10.5 Å². The van der Waals surface area contributed by atoms with Crippen molar-refractivity contribution < 1.29 is 14.6 Å². The predicted octanol–water partition coefficient (Wildman–Crippen LogP) is 2.54. The zero-order valence-corrected chi connectivity index (χ0v) is 11.3. The van der Waals surface area contributed by atoms with Crippen LogP contribution in [0.3, 0.4) is 0 Å². The Morgan fingerprint density at radius 2 is 2.00 bits per heavy atom. The SMILES string of the molecule is COc1cc(N)ccc1C(=O)Nc1ccc(O)c(C)c1. The van der Waals surface area contributed by atoms with Crippen LogP contribution in [0.25, 0.3) is 0 Å². The van der Waals surface area contributed by atoms with Crippen LogP contribution in [-0.2, 0) is 0 Å². The molecule has 2 aromatic carbocycles. The third-order valence-corrected chi connectivity index (χ3v) is 2.92. The summed E-state index contributed by atoms with van der Waals surface area (Å²) in [7, 11) is 1.48. The maximum Gasteiger partial charge on any atom is 0.259 e. The van der Waals surface area contributed by atoms with Crippen LogP contribution < -0.4 is 15.8 Å². The van der Waals surface area contributed by atoms with Crippen molar-refractivity contribution in [3.63, 3.8) is 0 Å². The first-order valence-corrected chi connectivity index (χ1v) is 6.05. The fraction of sp³-hybridized carbons (Fsp3) is 0.133. The molecule has 0 saturated heterocycles. The molecule has 5 nitrogen and oxygen atoms in total. The molecule has 104 valence electrons. The molecule has 0 aliphatic carbocycles. The van der Waals surface area contributed by atoms with E-state index in [-0.39, 0.29) is 11.7 Å². The minimum Gasteiger partial charge on any atom is -0.508 e. The molecule has 0 atom stereocenters. The average Bonchev–Trinajstić information content (AvgIpc) is 2.42. The number of ether oxygens (including phenoxy) is 1. The van der Waals surface area contributed by atoms with Gasteiger partial charge in [-0.2, -0.15) is 0 Å². The second-order valence-electron chi connectivity index (χ2n) is 4.42. The number of carbonyl (C=O) groups is 1. The van der Waals surface area contributed by atoms with Gasteiger partial charge in [-0.3, -0.25) is 4.79 Å². The number of benzene rings is 2. The number of amides is 1. The minimum atomic E-state index is -0.299. The van der Waals surface area contributed by atoms with Gasteiger partial charge in [0.05, 0.1) is 12.7 Å². The number of rotatable bonds is 3. The number of aromatic hydroxyl groups is 1. The van der Waals surface area contributed by atoms with E-state index in [2.05, 4.69) is 5.32 Å². The van der Waals surface area contributed by atoms with E-state index >= 15 is 0 Å². The summed E-state index contributed by atoms with van der Waals surface area (Å²) in [6.45, 7) is 1.76. The highest BCUT2D eigenvalue weighted by Crippen LogP contribution is 2.24. The minimum absolute atomic E-state index is 0.188. The van der Waals surface area contributed by atoms with Gasteiger partial charge in [0, 0.05) is 17.4 Å². The molecule has 0 bridgehead atoms. The van der Waals surface area contributed by atoms with E-state index in [1.807, 2.05) is 0 Å². The van der Waals surface area contributed by atoms with E-state index in [1.54, 1.807) is 37.3 Å². The molecule has 0 radical (unpaired) electrons. The van der Waals surface area contributed by atoms with Crippen LogP contribution in [0.5, 0.6) is 11.5 Å². The van der Waals surface area contributed by atoms with Gasteiger partial charge in [0.2, 0.25) is 0 Å². The highest BCUT2D eigenvalue weighted by atomic mass is 16.5. The Labute approximate surface area is 117 Å². The second kappa shape index (κ2) is 5.52. The number of anilines is 2. The molecule has 20 heavy (non-hydrogen) atoms. The monoisotopic (exact) mass is 272 g/mol. The van der Waals surface area contributed by atoms with Gasteiger partial charge in [0.15, 0.2) is 0 Å². The first-order valence-electron chi connectivity index (χ1n) is 6.05. The van der Waals surface area contributed by atoms with Gasteiger partial charge in [-0.15, -0.1) is 0 Å². The molecule has 0 fully saturated rings. The number of phenolic OH excluding ortho intramolecular Hbond substituents is 1. The Kier molecular flexibility index (Phi) is 3.79. The van der Waals surface area contributed by atoms with Crippen LogP contribution >= 0.6 is 0 Å². The molecule has 2 rings (SSSR count). The van der Waals surface area contributed by atoms with Crippen molar-refractivity contribution in [1.29, 1.82) is 0 Å². The molecular weight excluding hydrogens is 256 g/mol. The lowest BCUT2D eigenvalue weighted by Crippen LogP contribution is -2.13. The molecule has 0 aliphatic rings. The van der Waals surface area contributed by atoms with Gasteiger partial charge >= 0.3 is 0 Å². The van der Waals surface area contributed by atoms with Crippen molar-refractivity contribution in [1.82, 2.24) is 0 Å². The van der Waals surface area contributed by atoms with Gasteiger partial charge in [0.25, 0.3) is 5.91 Å². The van der Waals surface area contributed by atoms with Gasteiger partial charge in [-0.25, -0.2) is 0 Å². The summed E-state index contributed by atoms with van der Waals surface area (Å²) in [6, 6.07) is 9.69. The zero-order chi connectivity index (χ0) is 14.7. The van der Waals surface area contributed by atoms with Gasteiger partial charge in [0.1, 0.15) is 11.5 Å². The topological polar surface area (TPSA) is 84.6 Å². The molecule has 4 N–H and O–H groups in total. The molecule has 1 amide bonds. The highest BCUT2D eigenvalue weighted by Gasteiger charge is 2.13. The molecular formula is C15H16N2O3. The Bertz CT molecular complexity index is 654. The Morgan fingerprint density at radius 3 is 2.65 bits per heavy atom. The summed E-state index contributed by atoms with van der Waals surface area (Å²) in [5.74, 6) is 0.304. The van der Waals surface area contributed by atoms with Crippen LogP contribution in [0.15, 0.2) is 36.4 Å². The van der Waals surface area contributed by atoms with Crippen LogP contribution in [0.2, 0.25) is 0 Å². The van der Waals surface area contributed by atoms with Gasteiger partial charge in [-0.05, 0) is 42.8 Å².